The van der Waals surface area contributed by atoms with E-state index in [1.165, 1.54) is 28.5 Å². The van der Waals surface area contributed by atoms with E-state index in [1.54, 1.807) is 24.1 Å². The lowest BCUT2D eigenvalue weighted by Crippen LogP contribution is -2.45. The molecule has 1 aliphatic heterocycles. The molecule has 1 heterocycles. The van der Waals surface area contributed by atoms with Gasteiger partial charge in [-0.15, -0.1) is 0 Å². The van der Waals surface area contributed by atoms with E-state index >= 15 is 0 Å². The normalized spacial score (nSPS) is 14.1. The van der Waals surface area contributed by atoms with Gasteiger partial charge in [0.2, 0.25) is 0 Å². The van der Waals surface area contributed by atoms with Crippen LogP contribution in [-0.4, -0.2) is 49.3 Å². The first-order chi connectivity index (χ1) is 17.6. The zero-order valence-corrected chi connectivity index (χ0v) is 21.0. The molecule has 0 aliphatic carbocycles. The Labute approximate surface area is 215 Å². The summed E-state index contributed by atoms with van der Waals surface area (Å²) < 4.78 is 8.62. The summed E-state index contributed by atoms with van der Waals surface area (Å²) in [5.74, 6) is -0.572. The Morgan fingerprint density at radius 2 is 1.67 bits per heavy atom. The van der Waals surface area contributed by atoms with Crippen LogP contribution in [0.3, 0.4) is 0 Å². The van der Waals surface area contributed by atoms with E-state index in [-0.39, 0.29) is 5.56 Å². The molecule has 1 aliphatic rings. The Hall–Kier alpha value is -3.68. The maximum Gasteiger partial charge on any atom is 0.339 e. The van der Waals surface area contributed by atoms with Gasteiger partial charge in [0.25, 0.3) is 0 Å². The monoisotopic (exact) mass is 499 g/mol. The summed E-state index contributed by atoms with van der Waals surface area (Å²) in [7, 11) is 1.49. The van der Waals surface area contributed by atoms with Crippen molar-refractivity contribution in [3.05, 3.63) is 96.1 Å². The van der Waals surface area contributed by atoms with Crippen LogP contribution < -0.4 is 14.4 Å². The lowest BCUT2D eigenvalue weighted by Gasteiger charge is -2.36. The molecule has 5 rings (SSSR count). The van der Waals surface area contributed by atoms with Gasteiger partial charge in [-0.3, -0.25) is 4.90 Å². The van der Waals surface area contributed by atoms with Gasteiger partial charge in [0, 0.05) is 49.0 Å². The molecule has 2 N–H and O–H groups in total. The summed E-state index contributed by atoms with van der Waals surface area (Å²) in [5.41, 5.74) is 3.49. The van der Waals surface area contributed by atoms with Gasteiger partial charge in [0.05, 0.1) is 7.11 Å². The van der Waals surface area contributed by atoms with E-state index in [0.717, 1.165) is 44.0 Å². The Morgan fingerprint density at radius 1 is 0.917 bits per heavy atom. The van der Waals surface area contributed by atoms with Crippen molar-refractivity contribution in [1.29, 1.82) is 0 Å². The number of hydrogen-bond donors (Lipinski definition) is 2. The molecule has 7 heteroatoms. The highest BCUT2D eigenvalue weighted by Crippen LogP contribution is 2.27. The molecular formula is C29H29N3O3S. The molecular weight excluding hydrogens is 470 g/mol. The lowest BCUT2D eigenvalue weighted by molar-refractivity contribution is 0.0693. The van der Waals surface area contributed by atoms with Gasteiger partial charge in [-0.1, -0.05) is 36.4 Å². The second kappa shape index (κ2) is 10.9. The Kier molecular flexibility index (Phi) is 7.30. The SMILES string of the molecule is COc1ccc(CN2CCN(c3ccc(NSc4ccc5ccccc5c4)cc3)CC2)cc1C(=O)O. The molecule has 0 aromatic heterocycles. The van der Waals surface area contributed by atoms with Gasteiger partial charge in [-0.2, -0.15) is 0 Å². The van der Waals surface area contributed by atoms with Crippen molar-refractivity contribution in [2.75, 3.05) is 42.9 Å². The predicted molar refractivity (Wildman–Crippen MR) is 147 cm³/mol. The number of carboxylic acid groups (broad SMARTS) is 1. The highest BCUT2D eigenvalue weighted by Gasteiger charge is 2.19. The number of fused-ring (bicyclic) bond motifs is 1. The highest BCUT2D eigenvalue weighted by atomic mass is 32.2. The third-order valence-electron chi connectivity index (χ3n) is 6.51. The molecule has 4 aromatic rings. The summed E-state index contributed by atoms with van der Waals surface area (Å²) >= 11 is 1.62. The van der Waals surface area contributed by atoms with E-state index in [2.05, 4.69) is 81.3 Å². The van der Waals surface area contributed by atoms with Gasteiger partial charge < -0.3 is 19.5 Å². The number of benzene rings is 4. The number of carboxylic acids is 1. The third kappa shape index (κ3) is 5.58. The number of carbonyl (C=O) groups is 1. The smallest absolute Gasteiger partial charge is 0.339 e. The Bertz CT molecular complexity index is 1350. The number of rotatable bonds is 8. The summed E-state index contributed by atoms with van der Waals surface area (Å²) in [4.78, 5) is 17.4. The number of ether oxygens (including phenoxy) is 1. The van der Waals surface area contributed by atoms with Gasteiger partial charge >= 0.3 is 5.97 Å². The van der Waals surface area contributed by atoms with Crippen LogP contribution >= 0.6 is 11.9 Å². The van der Waals surface area contributed by atoms with Crippen molar-refractivity contribution >= 4 is 40.1 Å². The fraction of sp³-hybridized carbons (Fsp3) is 0.207. The minimum absolute atomic E-state index is 0.209. The fourth-order valence-electron chi connectivity index (χ4n) is 4.53. The van der Waals surface area contributed by atoms with Crippen LogP contribution in [0.5, 0.6) is 5.75 Å². The first kappa shape index (κ1) is 24.0. The fourth-order valence-corrected chi connectivity index (χ4v) is 5.23. The molecule has 0 radical (unpaired) electrons. The molecule has 184 valence electrons. The standard InChI is InChI=1S/C29H29N3O3S/c1-35-28-13-6-21(18-27(28)29(33)34)20-31-14-16-32(17-15-31)25-10-8-24(9-11-25)30-36-26-12-7-22-4-2-3-5-23(22)19-26/h2-13,18-19,30H,14-17,20H2,1H3,(H,33,34). The van der Waals surface area contributed by atoms with Crippen molar-refractivity contribution in [2.24, 2.45) is 0 Å². The average Bonchev–Trinajstić information content (AvgIpc) is 2.92. The minimum Gasteiger partial charge on any atom is -0.496 e. The summed E-state index contributed by atoms with van der Waals surface area (Å²) in [6.45, 7) is 4.44. The topological polar surface area (TPSA) is 65.0 Å². The van der Waals surface area contributed by atoms with Crippen LogP contribution in [0.25, 0.3) is 10.8 Å². The third-order valence-corrected chi connectivity index (χ3v) is 7.34. The first-order valence-electron chi connectivity index (χ1n) is 12.0. The first-order valence-corrected chi connectivity index (χ1v) is 12.8. The number of aromatic carboxylic acids is 1. The van der Waals surface area contributed by atoms with Crippen LogP contribution in [0, 0.1) is 0 Å². The number of piperazine rings is 1. The van der Waals surface area contributed by atoms with Crippen molar-refractivity contribution in [3.63, 3.8) is 0 Å². The lowest BCUT2D eigenvalue weighted by atomic mass is 10.1. The van der Waals surface area contributed by atoms with E-state index in [4.69, 9.17) is 4.74 Å². The van der Waals surface area contributed by atoms with Crippen LogP contribution in [0.4, 0.5) is 11.4 Å². The highest BCUT2D eigenvalue weighted by molar-refractivity contribution is 8.00. The molecule has 1 fully saturated rings. The molecule has 0 unspecified atom stereocenters. The minimum atomic E-state index is -0.966. The Balaban J connectivity index is 1.13. The van der Waals surface area contributed by atoms with Crippen LogP contribution in [0.15, 0.2) is 89.8 Å². The van der Waals surface area contributed by atoms with Gasteiger partial charge in [-0.25, -0.2) is 4.79 Å². The molecule has 4 aromatic carbocycles. The molecule has 0 atom stereocenters. The number of methoxy groups -OCH3 is 1. The Morgan fingerprint density at radius 3 is 2.39 bits per heavy atom. The van der Waals surface area contributed by atoms with Crippen LogP contribution in [-0.2, 0) is 6.54 Å². The molecule has 0 amide bonds. The number of hydrogen-bond acceptors (Lipinski definition) is 6. The van der Waals surface area contributed by atoms with E-state index in [0.29, 0.717) is 5.75 Å². The van der Waals surface area contributed by atoms with Crippen LogP contribution in [0.2, 0.25) is 0 Å². The number of nitrogens with zero attached hydrogens (tertiary/aromatic N) is 2. The van der Waals surface area contributed by atoms with Crippen molar-refractivity contribution in [1.82, 2.24) is 4.90 Å². The largest absolute Gasteiger partial charge is 0.496 e. The summed E-state index contributed by atoms with van der Waals surface area (Å²) in [6, 6.07) is 28.9. The molecule has 36 heavy (non-hydrogen) atoms. The quantitative estimate of drug-likeness (QED) is 0.289. The van der Waals surface area contributed by atoms with E-state index in [9.17, 15) is 9.90 Å². The van der Waals surface area contributed by atoms with Crippen molar-refractivity contribution < 1.29 is 14.6 Å². The predicted octanol–water partition coefficient (Wildman–Crippen LogP) is 5.99. The maximum atomic E-state index is 11.5. The second-order valence-corrected chi connectivity index (χ2v) is 9.74. The van der Waals surface area contributed by atoms with Crippen molar-refractivity contribution in [2.45, 2.75) is 11.4 Å². The zero-order chi connectivity index (χ0) is 24.9. The van der Waals surface area contributed by atoms with Gasteiger partial charge in [0.15, 0.2) is 0 Å². The van der Waals surface area contributed by atoms with E-state index < -0.39 is 5.97 Å². The van der Waals surface area contributed by atoms with Crippen molar-refractivity contribution in [3.8, 4) is 5.75 Å². The average molecular weight is 500 g/mol. The molecule has 6 nitrogen and oxygen atoms in total. The zero-order valence-electron chi connectivity index (χ0n) is 20.2. The molecule has 0 bridgehead atoms. The molecule has 1 saturated heterocycles. The maximum absolute atomic E-state index is 11.5. The summed E-state index contributed by atoms with van der Waals surface area (Å²) in [6.07, 6.45) is 0. The van der Waals surface area contributed by atoms with Gasteiger partial charge in [-0.05, 0) is 76.8 Å². The molecule has 0 spiro atoms. The number of nitrogens with one attached hydrogen (secondary N) is 1. The van der Waals surface area contributed by atoms with Crippen LogP contribution in [0.1, 0.15) is 15.9 Å². The summed E-state index contributed by atoms with van der Waals surface area (Å²) in [5, 5.41) is 11.9. The number of anilines is 2. The van der Waals surface area contributed by atoms with Gasteiger partial charge in [0.1, 0.15) is 11.3 Å². The van der Waals surface area contributed by atoms with E-state index in [1.807, 2.05) is 6.07 Å². The second-order valence-electron chi connectivity index (χ2n) is 8.86. The molecule has 0 saturated carbocycles.